The van der Waals surface area contributed by atoms with Gasteiger partial charge in [-0.3, -0.25) is 9.69 Å². The highest BCUT2D eigenvalue weighted by Crippen LogP contribution is 2.33. The molecule has 0 aliphatic carbocycles. The van der Waals surface area contributed by atoms with Gasteiger partial charge in [0.05, 0.1) is 34.5 Å². The largest absolute Gasteiger partial charge is 0.378 e. The van der Waals surface area contributed by atoms with Gasteiger partial charge in [0.25, 0.3) is 0 Å². The number of rotatable bonds is 5. The van der Waals surface area contributed by atoms with Crippen LogP contribution in [0.25, 0.3) is 10.2 Å². The Morgan fingerprint density at radius 1 is 1.12 bits per heavy atom. The number of anilines is 2. The Bertz CT molecular complexity index is 1030. The van der Waals surface area contributed by atoms with Gasteiger partial charge in [0.1, 0.15) is 0 Å². The molecule has 1 N–H and O–H groups in total. The van der Waals surface area contributed by atoms with Crippen molar-refractivity contribution in [1.29, 1.82) is 0 Å². The number of benzene rings is 2. The summed E-state index contributed by atoms with van der Waals surface area (Å²) in [5, 5.41) is 4.30. The van der Waals surface area contributed by atoms with Crippen molar-refractivity contribution in [1.82, 2.24) is 9.88 Å². The number of hydrogen-bond acceptors (Lipinski definition) is 6. The molecule has 0 radical (unpaired) electrons. The van der Waals surface area contributed by atoms with Gasteiger partial charge in [0.15, 0.2) is 0 Å². The van der Waals surface area contributed by atoms with Crippen LogP contribution in [0.5, 0.6) is 0 Å². The second kappa shape index (κ2) is 9.57. The van der Waals surface area contributed by atoms with Gasteiger partial charge >= 0.3 is 0 Å². The van der Waals surface area contributed by atoms with Crippen LogP contribution in [-0.2, 0) is 9.53 Å². The summed E-state index contributed by atoms with van der Waals surface area (Å²) >= 11 is 1.79. The van der Waals surface area contributed by atoms with Crippen molar-refractivity contribution in [2.75, 3.05) is 49.6 Å². The van der Waals surface area contributed by atoms with Crippen LogP contribution in [0.3, 0.4) is 0 Å². The van der Waals surface area contributed by atoms with Crippen LogP contribution in [0, 0.1) is 0 Å². The molecule has 6 nitrogen and oxygen atoms in total. The first-order valence-corrected chi connectivity index (χ1v) is 12.3. The molecule has 1 amide bonds. The van der Waals surface area contributed by atoms with Gasteiger partial charge in [-0.15, -0.1) is 11.3 Å². The summed E-state index contributed by atoms with van der Waals surface area (Å²) < 4.78 is 6.67. The second-order valence-electron chi connectivity index (χ2n) is 8.67. The quantitative estimate of drug-likeness (QED) is 0.627. The molecular weight excluding hydrogens is 420 g/mol. The number of nitrogens with one attached hydrogen (secondary N) is 1. The predicted octanol–water partition coefficient (Wildman–Crippen LogP) is 4.34. The van der Waals surface area contributed by atoms with Crippen LogP contribution in [-0.4, -0.2) is 61.2 Å². The lowest BCUT2D eigenvalue weighted by Crippen LogP contribution is -2.46. The molecule has 0 bridgehead atoms. The number of piperidine rings is 1. The fourth-order valence-corrected chi connectivity index (χ4v) is 5.71. The molecule has 5 rings (SSSR count). The fraction of sp³-hybridized carbons (Fsp3) is 0.440. The van der Waals surface area contributed by atoms with Crippen LogP contribution in [0.15, 0.2) is 48.5 Å². The molecule has 7 heteroatoms. The second-order valence-corrected chi connectivity index (χ2v) is 9.73. The van der Waals surface area contributed by atoms with Gasteiger partial charge in [-0.25, -0.2) is 4.98 Å². The molecule has 2 saturated heterocycles. The molecule has 2 aliphatic heterocycles. The summed E-state index contributed by atoms with van der Waals surface area (Å²) in [6, 6.07) is 16.3. The highest BCUT2D eigenvalue weighted by Gasteiger charge is 2.29. The maximum Gasteiger partial charge on any atom is 0.241 e. The fourth-order valence-electron chi connectivity index (χ4n) is 4.61. The summed E-state index contributed by atoms with van der Waals surface area (Å²) in [6.45, 7) is 7.20. The number of amides is 1. The first-order chi connectivity index (χ1) is 15.7. The Morgan fingerprint density at radius 3 is 2.69 bits per heavy atom. The molecule has 2 fully saturated rings. The number of hydrogen-bond donors (Lipinski definition) is 1. The number of para-hydroxylation sites is 1. The van der Waals surface area contributed by atoms with E-state index in [9.17, 15) is 4.79 Å². The Balaban J connectivity index is 1.20. The first kappa shape index (κ1) is 21.4. The molecule has 32 heavy (non-hydrogen) atoms. The molecule has 2 atom stereocenters. The van der Waals surface area contributed by atoms with E-state index in [1.54, 1.807) is 11.3 Å². The van der Waals surface area contributed by atoms with E-state index in [2.05, 4.69) is 45.4 Å². The summed E-state index contributed by atoms with van der Waals surface area (Å²) in [4.78, 5) is 22.5. The van der Waals surface area contributed by atoms with E-state index in [4.69, 9.17) is 9.72 Å². The minimum Gasteiger partial charge on any atom is -0.378 e. The van der Waals surface area contributed by atoms with Gasteiger partial charge in [-0.2, -0.15) is 0 Å². The molecule has 3 heterocycles. The monoisotopic (exact) mass is 450 g/mol. The number of thiazole rings is 1. The lowest BCUT2D eigenvalue weighted by Gasteiger charge is -2.35. The van der Waals surface area contributed by atoms with Crippen molar-refractivity contribution >= 4 is 38.8 Å². The van der Waals surface area contributed by atoms with Gasteiger partial charge in [-0.05, 0) is 62.7 Å². The minimum atomic E-state index is -0.175. The number of carbonyl (C=O) groups excluding carboxylic acids is 1. The third-order valence-corrected chi connectivity index (χ3v) is 7.75. The number of nitrogens with zero attached hydrogens (tertiary/aromatic N) is 3. The molecule has 2 aromatic carbocycles. The Hall–Kier alpha value is -2.48. The third kappa shape index (κ3) is 4.65. The Morgan fingerprint density at radius 2 is 1.91 bits per heavy atom. The van der Waals surface area contributed by atoms with Crippen molar-refractivity contribution in [3.05, 3.63) is 53.5 Å². The number of ether oxygens (including phenoxy) is 1. The van der Waals surface area contributed by atoms with Gasteiger partial charge < -0.3 is 15.0 Å². The van der Waals surface area contributed by atoms with Crippen LogP contribution in [0.4, 0.5) is 11.4 Å². The zero-order valence-electron chi connectivity index (χ0n) is 18.5. The standard InChI is InChI=1S/C25H30N4O2S/c1-18(24(30)26-20-8-10-21(11-9-20)28-13-15-31-16-14-28)29-12-4-5-19(17-29)25-27-22-6-2-3-7-23(22)32-25/h2-3,6-11,18-19H,4-5,12-17H2,1H3,(H,26,30)/t18-,19+/m0/s1. The van der Waals surface area contributed by atoms with E-state index in [1.165, 1.54) is 15.4 Å². The SMILES string of the molecule is C[C@@H](C(=O)Nc1ccc(N2CCOCC2)cc1)N1CCC[C@@H](c2nc3ccccc3s2)C1. The van der Waals surface area contributed by atoms with Crippen LogP contribution < -0.4 is 10.2 Å². The summed E-state index contributed by atoms with van der Waals surface area (Å²) in [5.41, 5.74) is 3.10. The zero-order valence-corrected chi connectivity index (χ0v) is 19.3. The number of fused-ring (bicyclic) bond motifs is 1. The Kier molecular flexibility index (Phi) is 6.39. The van der Waals surface area contributed by atoms with Gasteiger partial charge in [0.2, 0.25) is 5.91 Å². The van der Waals surface area contributed by atoms with E-state index in [0.29, 0.717) is 5.92 Å². The van der Waals surface area contributed by atoms with E-state index >= 15 is 0 Å². The predicted molar refractivity (Wildman–Crippen MR) is 131 cm³/mol. The van der Waals surface area contributed by atoms with Crippen molar-refractivity contribution in [3.63, 3.8) is 0 Å². The van der Waals surface area contributed by atoms with E-state index in [-0.39, 0.29) is 11.9 Å². The summed E-state index contributed by atoms with van der Waals surface area (Å²) in [5.74, 6) is 0.443. The molecule has 2 aliphatic rings. The molecular formula is C25H30N4O2S. The third-order valence-electron chi connectivity index (χ3n) is 6.55. The highest BCUT2D eigenvalue weighted by molar-refractivity contribution is 7.18. The molecule has 168 valence electrons. The van der Waals surface area contributed by atoms with Crippen LogP contribution >= 0.6 is 11.3 Å². The van der Waals surface area contributed by atoms with Crippen molar-refractivity contribution in [3.8, 4) is 0 Å². The van der Waals surface area contributed by atoms with Crippen molar-refractivity contribution in [2.45, 2.75) is 31.7 Å². The summed E-state index contributed by atoms with van der Waals surface area (Å²) in [7, 11) is 0. The minimum absolute atomic E-state index is 0.0501. The smallest absolute Gasteiger partial charge is 0.241 e. The lowest BCUT2D eigenvalue weighted by atomic mass is 9.97. The van der Waals surface area contributed by atoms with Crippen LogP contribution in [0.1, 0.15) is 30.7 Å². The van der Waals surface area contributed by atoms with Gasteiger partial charge in [-0.1, -0.05) is 12.1 Å². The average Bonchev–Trinajstić information content (AvgIpc) is 3.29. The lowest BCUT2D eigenvalue weighted by molar-refractivity contribution is -0.121. The molecule has 3 aromatic rings. The number of carbonyl (C=O) groups is 1. The van der Waals surface area contributed by atoms with Crippen molar-refractivity contribution in [2.24, 2.45) is 0 Å². The molecule has 0 saturated carbocycles. The number of morpholine rings is 1. The van der Waals surface area contributed by atoms with E-state index in [0.717, 1.165) is 63.4 Å². The molecule has 1 aromatic heterocycles. The zero-order chi connectivity index (χ0) is 21.9. The topological polar surface area (TPSA) is 57.7 Å². The normalized spacial score (nSPS) is 20.9. The summed E-state index contributed by atoms with van der Waals surface area (Å²) in [6.07, 6.45) is 2.22. The van der Waals surface area contributed by atoms with E-state index < -0.39 is 0 Å². The Labute approximate surface area is 193 Å². The average molecular weight is 451 g/mol. The highest BCUT2D eigenvalue weighted by atomic mass is 32.1. The maximum atomic E-state index is 13.0. The van der Waals surface area contributed by atoms with Crippen LogP contribution in [0.2, 0.25) is 0 Å². The molecule has 0 spiro atoms. The molecule has 0 unspecified atom stereocenters. The number of likely N-dealkylation sites (tertiary alicyclic amines) is 1. The van der Waals surface area contributed by atoms with Gasteiger partial charge in [0, 0.05) is 36.9 Å². The van der Waals surface area contributed by atoms with Crippen molar-refractivity contribution < 1.29 is 9.53 Å². The van der Waals surface area contributed by atoms with E-state index in [1.807, 2.05) is 25.1 Å². The maximum absolute atomic E-state index is 13.0. The first-order valence-electron chi connectivity index (χ1n) is 11.5. The number of aromatic nitrogens is 1.